The molecule has 0 saturated heterocycles. The smallest absolute Gasteiger partial charge is 0.308 e. The predicted molar refractivity (Wildman–Crippen MR) is 102 cm³/mol. The highest BCUT2D eigenvalue weighted by molar-refractivity contribution is 5.81. The summed E-state index contributed by atoms with van der Waals surface area (Å²) in [5, 5.41) is 0.342. The van der Waals surface area contributed by atoms with E-state index in [0.29, 0.717) is 34.0 Å². The van der Waals surface area contributed by atoms with E-state index < -0.39 is 5.97 Å². The Hall–Kier alpha value is -3.61. The van der Waals surface area contributed by atoms with E-state index in [2.05, 4.69) is 9.97 Å². The molecule has 1 aromatic heterocycles. The highest BCUT2D eigenvalue weighted by Crippen LogP contribution is 2.24. The van der Waals surface area contributed by atoms with Gasteiger partial charge in [0.2, 0.25) is 0 Å². The number of carbonyl (C=O) groups excluding carboxylic acids is 1. The number of fused-ring (bicyclic) bond motifs is 1. The van der Waals surface area contributed by atoms with Crippen LogP contribution in [0.15, 0.2) is 41.2 Å². The summed E-state index contributed by atoms with van der Waals surface area (Å²) in [6, 6.07) is 10.2. The summed E-state index contributed by atoms with van der Waals surface area (Å²) in [7, 11) is 3.16. The van der Waals surface area contributed by atoms with Crippen LogP contribution in [0.25, 0.3) is 23.1 Å². The molecule has 0 aliphatic heterocycles. The lowest BCUT2D eigenvalue weighted by Gasteiger charge is -2.06. The van der Waals surface area contributed by atoms with Gasteiger partial charge in [-0.2, -0.15) is 0 Å². The average Bonchev–Trinajstić information content (AvgIpc) is 2.66. The number of ether oxygens (including phenoxy) is 3. The van der Waals surface area contributed by atoms with Crippen molar-refractivity contribution in [2.75, 3.05) is 14.2 Å². The second-order valence-corrected chi connectivity index (χ2v) is 5.70. The standard InChI is InChI=1S/C20H18N2O5/c1-12(23)27-14-5-6-18-17(11-14)20(24)22-19(21-18)7-4-13-8-15(25-2)10-16(9-13)26-3/h4-11H,1-3H3,(H,21,22,24)/b7-4+. The number of carbonyl (C=O) groups is 1. The van der Waals surface area contributed by atoms with Crippen molar-refractivity contribution in [2.45, 2.75) is 6.92 Å². The maximum Gasteiger partial charge on any atom is 0.308 e. The third-order valence-electron chi connectivity index (χ3n) is 3.76. The van der Waals surface area contributed by atoms with Crippen LogP contribution in [0.2, 0.25) is 0 Å². The Morgan fingerprint density at radius 3 is 2.33 bits per heavy atom. The van der Waals surface area contributed by atoms with Gasteiger partial charge in [0, 0.05) is 13.0 Å². The molecule has 1 N–H and O–H groups in total. The summed E-state index contributed by atoms with van der Waals surface area (Å²) in [6.45, 7) is 1.30. The summed E-state index contributed by atoms with van der Waals surface area (Å²) < 4.78 is 15.5. The van der Waals surface area contributed by atoms with Gasteiger partial charge in [0.15, 0.2) is 0 Å². The largest absolute Gasteiger partial charge is 0.497 e. The van der Waals surface area contributed by atoms with Crippen molar-refractivity contribution < 1.29 is 19.0 Å². The molecule has 3 rings (SSSR count). The van der Waals surface area contributed by atoms with Gasteiger partial charge in [0.05, 0.1) is 25.1 Å². The van der Waals surface area contributed by atoms with Gasteiger partial charge in [0.25, 0.3) is 5.56 Å². The van der Waals surface area contributed by atoms with Gasteiger partial charge >= 0.3 is 5.97 Å². The summed E-state index contributed by atoms with van der Waals surface area (Å²) >= 11 is 0. The van der Waals surface area contributed by atoms with Crippen LogP contribution in [-0.4, -0.2) is 30.2 Å². The van der Waals surface area contributed by atoms with E-state index in [1.165, 1.54) is 13.0 Å². The molecule has 0 amide bonds. The molecule has 0 spiro atoms. The number of aromatic amines is 1. The third kappa shape index (κ3) is 4.33. The Kier molecular flexibility index (Phi) is 5.21. The topological polar surface area (TPSA) is 90.5 Å². The number of methoxy groups -OCH3 is 2. The molecule has 0 radical (unpaired) electrons. The Labute approximate surface area is 155 Å². The molecule has 2 aromatic carbocycles. The number of nitrogens with zero attached hydrogens (tertiary/aromatic N) is 1. The molecule has 1 heterocycles. The second kappa shape index (κ2) is 7.74. The van der Waals surface area contributed by atoms with E-state index in [-0.39, 0.29) is 5.56 Å². The lowest BCUT2D eigenvalue weighted by molar-refractivity contribution is -0.131. The monoisotopic (exact) mass is 366 g/mol. The molecule has 0 atom stereocenters. The van der Waals surface area contributed by atoms with E-state index in [1.54, 1.807) is 44.6 Å². The van der Waals surface area contributed by atoms with Gasteiger partial charge in [-0.3, -0.25) is 9.59 Å². The molecule has 0 fully saturated rings. The summed E-state index contributed by atoms with van der Waals surface area (Å²) in [6.07, 6.45) is 3.48. The summed E-state index contributed by atoms with van der Waals surface area (Å²) in [4.78, 5) is 30.5. The Bertz CT molecular complexity index is 1060. The molecule has 3 aromatic rings. The van der Waals surface area contributed by atoms with Crippen molar-refractivity contribution in [3.05, 3.63) is 58.1 Å². The maximum absolute atomic E-state index is 12.3. The lowest BCUT2D eigenvalue weighted by Crippen LogP contribution is -2.10. The molecule has 27 heavy (non-hydrogen) atoms. The van der Waals surface area contributed by atoms with Gasteiger partial charge < -0.3 is 19.2 Å². The summed E-state index contributed by atoms with van der Waals surface area (Å²) in [5.41, 5.74) is 1.01. The van der Waals surface area contributed by atoms with Crippen LogP contribution in [0.4, 0.5) is 0 Å². The van der Waals surface area contributed by atoms with Gasteiger partial charge in [-0.1, -0.05) is 6.08 Å². The number of H-pyrrole nitrogens is 1. The van der Waals surface area contributed by atoms with Crippen molar-refractivity contribution in [3.8, 4) is 17.2 Å². The number of hydrogen-bond acceptors (Lipinski definition) is 6. The first kappa shape index (κ1) is 18.2. The Morgan fingerprint density at radius 2 is 1.70 bits per heavy atom. The fraction of sp³-hybridized carbons (Fsp3) is 0.150. The molecule has 7 nitrogen and oxygen atoms in total. The minimum absolute atomic E-state index is 0.300. The fourth-order valence-electron chi connectivity index (χ4n) is 2.55. The Morgan fingerprint density at radius 1 is 1.00 bits per heavy atom. The summed E-state index contributed by atoms with van der Waals surface area (Å²) in [5.74, 6) is 1.56. The minimum Gasteiger partial charge on any atom is -0.497 e. The molecule has 0 aliphatic rings. The van der Waals surface area contributed by atoms with Crippen LogP contribution >= 0.6 is 0 Å². The van der Waals surface area contributed by atoms with E-state index in [1.807, 2.05) is 12.1 Å². The lowest BCUT2D eigenvalue weighted by atomic mass is 10.2. The minimum atomic E-state index is -0.452. The first-order valence-corrected chi connectivity index (χ1v) is 8.12. The van der Waals surface area contributed by atoms with Crippen LogP contribution in [0.5, 0.6) is 17.2 Å². The number of esters is 1. The van der Waals surface area contributed by atoms with Crippen molar-refractivity contribution in [3.63, 3.8) is 0 Å². The third-order valence-corrected chi connectivity index (χ3v) is 3.76. The number of rotatable bonds is 5. The SMILES string of the molecule is COc1cc(/C=C/c2nc3ccc(OC(C)=O)cc3c(=O)[nH]2)cc(OC)c1. The van der Waals surface area contributed by atoms with E-state index in [4.69, 9.17) is 14.2 Å². The van der Waals surface area contributed by atoms with Crippen LogP contribution in [0.1, 0.15) is 18.3 Å². The average molecular weight is 366 g/mol. The molecule has 0 saturated carbocycles. The van der Waals surface area contributed by atoms with Gasteiger partial charge in [-0.25, -0.2) is 4.98 Å². The highest BCUT2D eigenvalue weighted by atomic mass is 16.5. The predicted octanol–water partition coefficient (Wildman–Crippen LogP) is 3.04. The van der Waals surface area contributed by atoms with E-state index in [0.717, 1.165) is 5.56 Å². The van der Waals surface area contributed by atoms with Crippen molar-refractivity contribution >= 4 is 29.0 Å². The van der Waals surface area contributed by atoms with Crippen molar-refractivity contribution in [1.82, 2.24) is 9.97 Å². The molecule has 0 unspecified atom stereocenters. The van der Waals surface area contributed by atoms with Crippen LogP contribution in [-0.2, 0) is 4.79 Å². The molecule has 0 bridgehead atoms. The first-order chi connectivity index (χ1) is 13.0. The quantitative estimate of drug-likeness (QED) is 0.551. The number of nitrogens with one attached hydrogen (secondary N) is 1. The normalized spacial score (nSPS) is 10.9. The van der Waals surface area contributed by atoms with Crippen LogP contribution in [0, 0.1) is 0 Å². The van der Waals surface area contributed by atoms with Crippen molar-refractivity contribution in [1.29, 1.82) is 0 Å². The maximum atomic E-state index is 12.3. The second-order valence-electron chi connectivity index (χ2n) is 5.70. The zero-order valence-electron chi connectivity index (χ0n) is 15.1. The zero-order chi connectivity index (χ0) is 19.4. The molecular formula is C20H18N2O5. The van der Waals surface area contributed by atoms with E-state index in [9.17, 15) is 9.59 Å². The number of aromatic nitrogens is 2. The van der Waals surface area contributed by atoms with Crippen molar-refractivity contribution in [2.24, 2.45) is 0 Å². The number of hydrogen-bond donors (Lipinski definition) is 1. The van der Waals surface area contributed by atoms with Gasteiger partial charge in [-0.15, -0.1) is 0 Å². The van der Waals surface area contributed by atoms with E-state index >= 15 is 0 Å². The molecule has 138 valence electrons. The van der Waals surface area contributed by atoms with Gasteiger partial charge in [0.1, 0.15) is 23.1 Å². The van der Waals surface area contributed by atoms with Crippen LogP contribution < -0.4 is 19.8 Å². The molecule has 0 aliphatic carbocycles. The molecular weight excluding hydrogens is 348 g/mol. The zero-order valence-corrected chi connectivity index (χ0v) is 15.1. The molecule has 7 heteroatoms. The fourth-order valence-corrected chi connectivity index (χ4v) is 2.55. The highest BCUT2D eigenvalue weighted by Gasteiger charge is 2.06. The Balaban J connectivity index is 1.95. The number of benzene rings is 2. The van der Waals surface area contributed by atoms with Crippen LogP contribution in [0.3, 0.4) is 0 Å². The van der Waals surface area contributed by atoms with Gasteiger partial charge in [-0.05, 0) is 42.0 Å². The first-order valence-electron chi connectivity index (χ1n) is 8.12.